The Morgan fingerprint density at radius 1 is 1.06 bits per heavy atom. The van der Waals surface area contributed by atoms with Gasteiger partial charge in [0.05, 0.1) is 11.7 Å². The first-order valence-electron chi connectivity index (χ1n) is 10.2. The van der Waals surface area contributed by atoms with E-state index in [-0.39, 0.29) is 6.10 Å². The maximum absolute atomic E-state index is 13.1. The molecule has 6 heteroatoms. The van der Waals surface area contributed by atoms with Gasteiger partial charge >= 0.3 is 0 Å². The van der Waals surface area contributed by atoms with Gasteiger partial charge in [-0.05, 0) is 50.6 Å². The van der Waals surface area contributed by atoms with Crippen LogP contribution in [0.15, 0.2) is 65.1 Å². The van der Waals surface area contributed by atoms with Gasteiger partial charge < -0.3 is 15.8 Å². The van der Waals surface area contributed by atoms with Crippen LogP contribution in [-0.2, 0) is 11.2 Å². The van der Waals surface area contributed by atoms with Crippen molar-refractivity contribution in [2.75, 3.05) is 0 Å². The van der Waals surface area contributed by atoms with E-state index in [9.17, 15) is 9.59 Å². The van der Waals surface area contributed by atoms with Gasteiger partial charge in [-0.25, -0.2) is 0 Å². The van der Waals surface area contributed by atoms with E-state index in [4.69, 9.17) is 10.5 Å². The Hall–Kier alpha value is -2.86. The van der Waals surface area contributed by atoms with Gasteiger partial charge in [-0.15, -0.1) is 0 Å². The molecule has 0 spiro atoms. The number of carbonyl (C=O) groups is 2. The fraction of sp³-hybridized carbons (Fsp3) is 0.280. The summed E-state index contributed by atoms with van der Waals surface area (Å²) in [5.41, 5.74) is 5.84. The van der Waals surface area contributed by atoms with Crippen LogP contribution in [0, 0.1) is 0 Å². The van der Waals surface area contributed by atoms with Gasteiger partial charge in [-0.1, -0.05) is 70.5 Å². The largest absolute Gasteiger partial charge is 0.489 e. The smallest absolute Gasteiger partial charge is 0.255 e. The van der Waals surface area contributed by atoms with Gasteiger partial charge in [0.25, 0.3) is 5.91 Å². The van der Waals surface area contributed by atoms with Gasteiger partial charge in [0, 0.05) is 9.86 Å². The second-order valence-electron chi connectivity index (χ2n) is 8.18. The fourth-order valence-electron chi connectivity index (χ4n) is 3.29. The lowest BCUT2D eigenvalue weighted by Gasteiger charge is -2.24. The van der Waals surface area contributed by atoms with E-state index < -0.39 is 17.4 Å². The molecule has 3 aromatic rings. The van der Waals surface area contributed by atoms with Crippen molar-refractivity contribution in [3.05, 3.63) is 76.3 Å². The lowest BCUT2D eigenvalue weighted by molar-refractivity contribution is -0.122. The van der Waals surface area contributed by atoms with E-state index in [1.54, 1.807) is 19.9 Å². The molecule has 5 nitrogen and oxygen atoms in total. The maximum Gasteiger partial charge on any atom is 0.255 e. The number of aryl methyl sites for hydroxylation is 1. The Labute approximate surface area is 191 Å². The number of fused-ring (bicyclic) bond motifs is 1. The number of nitrogens with two attached hydrogens (primary N) is 1. The molecule has 0 aliphatic rings. The van der Waals surface area contributed by atoms with E-state index >= 15 is 0 Å². The van der Waals surface area contributed by atoms with Crippen LogP contribution in [0.25, 0.3) is 10.8 Å². The van der Waals surface area contributed by atoms with E-state index in [1.807, 2.05) is 49.4 Å². The zero-order valence-electron chi connectivity index (χ0n) is 17.9. The summed E-state index contributed by atoms with van der Waals surface area (Å²) in [4.78, 5) is 24.8. The van der Waals surface area contributed by atoms with Gasteiger partial charge in [0.2, 0.25) is 5.91 Å². The molecule has 3 N–H and O–H groups in total. The highest BCUT2D eigenvalue weighted by Gasteiger charge is 2.29. The molecule has 0 saturated heterocycles. The van der Waals surface area contributed by atoms with Crippen LogP contribution < -0.4 is 15.8 Å². The minimum Gasteiger partial charge on any atom is -0.489 e. The third-order valence-electron chi connectivity index (χ3n) is 5.23. The average molecular weight is 483 g/mol. The second-order valence-corrected chi connectivity index (χ2v) is 9.03. The van der Waals surface area contributed by atoms with Crippen molar-refractivity contribution in [1.29, 1.82) is 0 Å². The van der Waals surface area contributed by atoms with E-state index in [2.05, 4.69) is 33.4 Å². The molecular weight excluding hydrogens is 456 g/mol. The highest BCUT2D eigenvalue weighted by molar-refractivity contribution is 9.10. The van der Waals surface area contributed by atoms with Crippen molar-refractivity contribution < 1.29 is 14.3 Å². The molecule has 162 valence electrons. The van der Waals surface area contributed by atoms with Crippen LogP contribution in [0.2, 0.25) is 0 Å². The Bertz CT molecular complexity index is 1100. The number of amides is 2. The summed E-state index contributed by atoms with van der Waals surface area (Å²) in [6, 6.07) is 19.7. The first kappa shape index (κ1) is 22.8. The highest BCUT2D eigenvalue weighted by atomic mass is 79.9. The lowest BCUT2D eigenvalue weighted by Crippen LogP contribution is -2.53. The number of halogens is 1. The minimum absolute atomic E-state index is 0.125. The number of ether oxygens (including phenoxy) is 1. The molecule has 0 fully saturated rings. The summed E-state index contributed by atoms with van der Waals surface area (Å²) < 4.78 is 7.11. The number of nitrogens with one attached hydrogen (secondary N) is 1. The quantitative estimate of drug-likeness (QED) is 0.474. The van der Waals surface area contributed by atoms with E-state index in [0.717, 1.165) is 28.1 Å². The zero-order chi connectivity index (χ0) is 22.6. The van der Waals surface area contributed by atoms with Gasteiger partial charge in [-0.2, -0.15) is 0 Å². The Balaban J connectivity index is 1.93. The van der Waals surface area contributed by atoms with E-state index in [0.29, 0.717) is 11.3 Å². The van der Waals surface area contributed by atoms with Crippen molar-refractivity contribution in [3.8, 4) is 5.75 Å². The molecular formula is C25H27BrN2O3. The Morgan fingerprint density at radius 2 is 1.68 bits per heavy atom. The normalized spacial score (nSPS) is 12.4. The molecule has 0 radical (unpaired) electrons. The van der Waals surface area contributed by atoms with Crippen LogP contribution in [0.4, 0.5) is 0 Å². The first-order chi connectivity index (χ1) is 14.7. The molecule has 0 bridgehead atoms. The average Bonchev–Trinajstić information content (AvgIpc) is 2.74. The molecule has 1 atom stereocenters. The Kier molecular flexibility index (Phi) is 7.01. The molecule has 0 aliphatic heterocycles. The number of carbonyl (C=O) groups excluding carboxylic acids is 2. The summed E-state index contributed by atoms with van der Waals surface area (Å²) in [6.07, 6.45) is 1.54. The Morgan fingerprint density at radius 3 is 2.32 bits per heavy atom. The number of hydrogen-bond acceptors (Lipinski definition) is 3. The summed E-state index contributed by atoms with van der Waals surface area (Å²) in [5, 5.41) is 4.49. The monoisotopic (exact) mass is 482 g/mol. The fourth-order valence-corrected chi connectivity index (χ4v) is 3.86. The van der Waals surface area contributed by atoms with Crippen molar-refractivity contribution in [1.82, 2.24) is 5.32 Å². The molecule has 3 rings (SSSR count). The van der Waals surface area contributed by atoms with Crippen LogP contribution in [0.3, 0.4) is 0 Å². The first-order valence-corrected chi connectivity index (χ1v) is 11.0. The van der Waals surface area contributed by atoms with Gasteiger partial charge in [-0.3, -0.25) is 9.59 Å². The van der Waals surface area contributed by atoms with Crippen LogP contribution >= 0.6 is 15.9 Å². The number of hydrogen-bond donors (Lipinski definition) is 2. The zero-order valence-corrected chi connectivity index (χ0v) is 19.5. The molecule has 0 aromatic heterocycles. The third-order valence-corrected chi connectivity index (χ3v) is 5.89. The molecule has 3 aromatic carbocycles. The van der Waals surface area contributed by atoms with Crippen LogP contribution in [0.5, 0.6) is 5.75 Å². The van der Waals surface area contributed by atoms with Gasteiger partial charge in [0.1, 0.15) is 11.3 Å². The van der Waals surface area contributed by atoms with Crippen molar-refractivity contribution in [2.24, 2.45) is 5.73 Å². The SMILES string of the molecule is CC(CCc1ccccc1)Oc1c(C(=O)NC(C)(C)C(N)=O)cc(Br)c2ccccc12. The van der Waals surface area contributed by atoms with E-state index in [1.165, 1.54) is 5.56 Å². The standard InChI is InChI=1S/C25H27BrN2O3/c1-16(13-14-17-9-5-4-6-10-17)31-22-19-12-8-7-11-18(19)21(26)15-20(22)23(29)28-25(2,3)24(27)30/h4-12,15-16H,13-14H2,1-3H3,(H2,27,30)(H,28,29). The molecule has 31 heavy (non-hydrogen) atoms. The minimum atomic E-state index is -1.19. The molecule has 2 amide bonds. The number of rotatable bonds is 8. The van der Waals surface area contributed by atoms with Crippen LogP contribution in [-0.4, -0.2) is 23.5 Å². The third kappa shape index (κ3) is 5.44. The lowest BCUT2D eigenvalue weighted by atomic mass is 10.0. The molecule has 0 heterocycles. The molecule has 0 aliphatic carbocycles. The summed E-state index contributed by atoms with van der Waals surface area (Å²) >= 11 is 3.56. The topological polar surface area (TPSA) is 81.4 Å². The summed E-state index contributed by atoms with van der Waals surface area (Å²) in [5.74, 6) is -0.531. The molecule has 0 saturated carbocycles. The second kappa shape index (κ2) is 9.52. The van der Waals surface area contributed by atoms with Crippen LogP contribution in [0.1, 0.15) is 43.1 Å². The van der Waals surface area contributed by atoms with Crippen molar-refractivity contribution >= 4 is 38.5 Å². The number of benzene rings is 3. The predicted molar refractivity (Wildman–Crippen MR) is 127 cm³/mol. The van der Waals surface area contributed by atoms with Crippen molar-refractivity contribution in [2.45, 2.75) is 45.3 Å². The van der Waals surface area contributed by atoms with Crippen molar-refractivity contribution in [3.63, 3.8) is 0 Å². The predicted octanol–water partition coefficient (Wildman–Crippen LogP) is 5.00. The maximum atomic E-state index is 13.1. The van der Waals surface area contributed by atoms with Gasteiger partial charge in [0.15, 0.2) is 0 Å². The number of primary amides is 1. The summed E-state index contributed by atoms with van der Waals surface area (Å²) in [7, 11) is 0. The molecule has 1 unspecified atom stereocenters. The highest BCUT2D eigenvalue weighted by Crippen LogP contribution is 2.36. The summed E-state index contributed by atoms with van der Waals surface area (Å²) in [6.45, 7) is 5.15.